The zero-order valence-corrected chi connectivity index (χ0v) is 41.1. The van der Waals surface area contributed by atoms with Gasteiger partial charge in [-0.15, -0.1) is 0 Å². The van der Waals surface area contributed by atoms with E-state index in [1.54, 1.807) is 0 Å². The molecule has 0 spiro atoms. The van der Waals surface area contributed by atoms with E-state index in [4.69, 9.17) is 14.2 Å². The highest BCUT2D eigenvalue weighted by molar-refractivity contribution is 5.71. The van der Waals surface area contributed by atoms with Gasteiger partial charge in [0, 0.05) is 13.0 Å². The van der Waals surface area contributed by atoms with Crippen LogP contribution in [0.25, 0.3) is 0 Å². The summed E-state index contributed by atoms with van der Waals surface area (Å²) in [4.78, 5) is 25.3. The van der Waals surface area contributed by atoms with Gasteiger partial charge in [0.1, 0.15) is 6.61 Å². The van der Waals surface area contributed by atoms with Crippen LogP contribution in [0.15, 0.2) is 72.9 Å². The van der Waals surface area contributed by atoms with Gasteiger partial charge >= 0.3 is 11.9 Å². The van der Waals surface area contributed by atoms with Gasteiger partial charge < -0.3 is 14.2 Å². The fraction of sp³-hybridized carbons (Fsp3) is 0.754. The minimum Gasteiger partial charge on any atom is -0.461 e. The van der Waals surface area contributed by atoms with E-state index in [0.29, 0.717) is 13.0 Å². The molecule has 0 aliphatic carbocycles. The normalized spacial score (nSPS) is 12.8. The van der Waals surface area contributed by atoms with Gasteiger partial charge in [-0.3, -0.25) is 9.59 Å². The summed E-state index contributed by atoms with van der Waals surface area (Å²) in [5.74, 6) is -0.539. The van der Waals surface area contributed by atoms with E-state index in [2.05, 4.69) is 81.5 Å². The molecule has 0 rings (SSSR count). The maximum atomic E-state index is 12.8. The molecule has 0 aliphatic heterocycles. The summed E-state index contributed by atoms with van der Waals surface area (Å²) >= 11 is 0. The Kier molecular flexibility index (Phi) is 50.4. The van der Waals surface area contributed by atoms with E-state index in [1.165, 1.54) is 161 Å². The number of rotatable bonds is 48. The molecule has 0 aliphatic rings. The zero-order chi connectivity index (χ0) is 44.9. The topological polar surface area (TPSA) is 61.8 Å². The van der Waals surface area contributed by atoms with Crippen LogP contribution in [-0.2, 0) is 23.8 Å². The van der Waals surface area contributed by atoms with Crippen molar-refractivity contribution in [2.75, 3.05) is 19.8 Å². The van der Waals surface area contributed by atoms with Crippen LogP contribution in [0.5, 0.6) is 0 Å². The molecule has 0 saturated carbocycles. The average molecular weight is 865 g/mol. The molecule has 0 aromatic carbocycles. The lowest BCUT2D eigenvalue weighted by Crippen LogP contribution is -2.30. The second-order valence-electron chi connectivity index (χ2n) is 17.4. The van der Waals surface area contributed by atoms with Gasteiger partial charge in [0.25, 0.3) is 0 Å². The third-order valence-electron chi connectivity index (χ3n) is 11.3. The van der Waals surface area contributed by atoms with Crippen molar-refractivity contribution in [1.82, 2.24) is 0 Å². The predicted octanol–water partition coefficient (Wildman–Crippen LogP) is 17.9. The van der Waals surface area contributed by atoms with Crippen molar-refractivity contribution in [2.45, 2.75) is 258 Å². The molecular weight excluding hydrogens is 765 g/mol. The van der Waals surface area contributed by atoms with Crippen LogP contribution < -0.4 is 0 Å². The first kappa shape index (κ1) is 59.3. The van der Waals surface area contributed by atoms with E-state index in [1.807, 2.05) is 12.2 Å². The Hall–Kier alpha value is -2.66. The number of hydrogen-bond acceptors (Lipinski definition) is 5. The molecule has 1 unspecified atom stereocenters. The molecule has 0 fully saturated rings. The summed E-state index contributed by atoms with van der Waals surface area (Å²) in [5.41, 5.74) is 0. The van der Waals surface area contributed by atoms with Crippen molar-refractivity contribution in [3.63, 3.8) is 0 Å². The Morgan fingerprint density at radius 3 is 1.23 bits per heavy atom. The first-order valence-corrected chi connectivity index (χ1v) is 26.5. The zero-order valence-electron chi connectivity index (χ0n) is 41.1. The van der Waals surface area contributed by atoms with Crippen molar-refractivity contribution >= 4 is 11.9 Å². The molecular formula is C57H100O5. The fourth-order valence-corrected chi connectivity index (χ4v) is 7.34. The summed E-state index contributed by atoms with van der Waals surface area (Å²) < 4.78 is 17.3. The number of allylic oxidation sites excluding steroid dienone is 11. The van der Waals surface area contributed by atoms with E-state index in [-0.39, 0.29) is 31.6 Å². The number of unbranched alkanes of at least 4 members (excludes halogenated alkanes) is 26. The van der Waals surface area contributed by atoms with Crippen LogP contribution in [-0.4, -0.2) is 37.9 Å². The predicted molar refractivity (Wildman–Crippen MR) is 270 cm³/mol. The van der Waals surface area contributed by atoms with Crippen LogP contribution in [0.4, 0.5) is 0 Å². The van der Waals surface area contributed by atoms with Gasteiger partial charge in [-0.1, -0.05) is 241 Å². The summed E-state index contributed by atoms with van der Waals surface area (Å²) in [6.07, 6.45) is 68.0. The molecule has 0 heterocycles. The SMILES string of the molecule is CC/C=C\C/C=C\C/C=C\C/C=C\C/C=C\CC(=O)OCC(COCCCCCCCCCCCC/C=C\CCCCCCCC)OC(=O)CCCCCCCCCCCCC. The Balaban J connectivity index is 4.30. The Morgan fingerprint density at radius 2 is 0.774 bits per heavy atom. The van der Waals surface area contributed by atoms with Crippen molar-refractivity contribution in [2.24, 2.45) is 0 Å². The third kappa shape index (κ3) is 50.0. The molecule has 0 radical (unpaired) electrons. The van der Waals surface area contributed by atoms with E-state index >= 15 is 0 Å². The molecule has 0 N–H and O–H groups in total. The standard InChI is InChI=1S/C57H100O5/c1-4-7-10-13-16-19-22-24-26-27-28-29-30-32-34-37-40-43-46-49-52-60-53-55(62-57(59)51-48-45-42-39-35-21-18-15-12-9-6-3)54-61-56(58)50-47-44-41-38-36-33-31-25-23-20-17-14-11-8-5-2/h8,11,17,20,24-26,31,36,38,44,47,55H,4-7,9-10,12-16,18-19,21-23,27-30,32-35,37,39-43,45-46,48-54H2,1-3H3/b11-8-,20-17-,26-24-,31-25-,38-36-,47-44-. The monoisotopic (exact) mass is 865 g/mol. The minimum atomic E-state index is -0.575. The largest absolute Gasteiger partial charge is 0.461 e. The van der Waals surface area contributed by atoms with Gasteiger partial charge in [-0.2, -0.15) is 0 Å². The molecule has 0 saturated heterocycles. The molecule has 1 atom stereocenters. The first-order chi connectivity index (χ1) is 30.6. The van der Waals surface area contributed by atoms with Gasteiger partial charge in [0.05, 0.1) is 13.0 Å². The van der Waals surface area contributed by atoms with Crippen molar-refractivity contribution in [1.29, 1.82) is 0 Å². The smallest absolute Gasteiger partial charge is 0.309 e. The number of carbonyl (C=O) groups excluding carboxylic acids is 2. The molecule has 0 aromatic rings. The maximum absolute atomic E-state index is 12.8. The van der Waals surface area contributed by atoms with Crippen LogP contribution >= 0.6 is 0 Å². The molecule has 62 heavy (non-hydrogen) atoms. The molecule has 0 amide bonds. The van der Waals surface area contributed by atoms with Gasteiger partial charge in [0.2, 0.25) is 0 Å². The summed E-state index contributed by atoms with van der Waals surface area (Å²) in [6.45, 7) is 7.61. The van der Waals surface area contributed by atoms with Crippen molar-refractivity contribution in [3.8, 4) is 0 Å². The molecule has 5 nitrogen and oxygen atoms in total. The van der Waals surface area contributed by atoms with Crippen molar-refractivity contribution < 1.29 is 23.8 Å². The summed E-state index contributed by atoms with van der Waals surface area (Å²) in [7, 11) is 0. The van der Waals surface area contributed by atoms with E-state index < -0.39 is 6.10 Å². The Morgan fingerprint density at radius 1 is 0.387 bits per heavy atom. The van der Waals surface area contributed by atoms with Crippen LogP contribution in [0.1, 0.15) is 252 Å². The van der Waals surface area contributed by atoms with Crippen molar-refractivity contribution in [3.05, 3.63) is 72.9 Å². The molecule has 0 aromatic heterocycles. The minimum absolute atomic E-state index is 0.0312. The van der Waals surface area contributed by atoms with Crippen LogP contribution in [0, 0.1) is 0 Å². The molecule has 5 heteroatoms. The fourth-order valence-electron chi connectivity index (χ4n) is 7.34. The molecule has 0 bridgehead atoms. The van der Waals surface area contributed by atoms with Gasteiger partial charge in [-0.05, 0) is 70.6 Å². The van der Waals surface area contributed by atoms with Gasteiger partial charge in [-0.25, -0.2) is 0 Å². The average Bonchev–Trinajstić information content (AvgIpc) is 3.27. The number of esters is 2. The lowest BCUT2D eigenvalue weighted by molar-refractivity contribution is -0.162. The van der Waals surface area contributed by atoms with Crippen LogP contribution in [0.2, 0.25) is 0 Å². The Bertz CT molecular complexity index is 1110. The highest BCUT2D eigenvalue weighted by Gasteiger charge is 2.17. The third-order valence-corrected chi connectivity index (χ3v) is 11.3. The highest BCUT2D eigenvalue weighted by Crippen LogP contribution is 2.15. The molecule has 358 valence electrons. The van der Waals surface area contributed by atoms with Gasteiger partial charge in [0.15, 0.2) is 6.10 Å². The summed E-state index contributed by atoms with van der Waals surface area (Å²) in [6, 6.07) is 0. The quantitative estimate of drug-likeness (QED) is 0.0346. The maximum Gasteiger partial charge on any atom is 0.309 e. The number of carbonyl (C=O) groups is 2. The second-order valence-corrected chi connectivity index (χ2v) is 17.4. The first-order valence-electron chi connectivity index (χ1n) is 26.5. The second kappa shape index (κ2) is 52.7. The van der Waals surface area contributed by atoms with Crippen LogP contribution in [0.3, 0.4) is 0 Å². The summed E-state index contributed by atoms with van der Waals surface area (Å²) in [5, 5.41) is 0. The lowest BCUT2D eigenvalue weighted by Gasteiger charge is -2.18. The highest BCUT2D eigenvalue weighted by atomic mass is 16.6. The number of hydrogen-bond donors (Lipinski definition) is 0. The Labute approximate surface area is 385 Å². The van der Waals surface area contributed by atoms with E-state index in [9.17, 15) is 9.59 Å². The lowest BCUT2D eigenvalue weighted by atomic mass is 10.1. The number of ether oxygens (including phenoxy) is 3. The van der Waals surface area contributed by atoms with E-state index in [0.717, 1.165) is 57.8 Å².